The van der Waals surface area contributed by atoms with Crippen molar-refractivity contribution in [3.05, 3.63) is 34.3 Å². The van der Waals surface area contributed by atoms with Crippen LogP contribution in [-0.4, -0.2) is 10.6 Å². The van der Waals surface area contributed by atoms with Crippen LogP contribution in [0.2, 0.25) is 0 Å². The molecule has 0 bridgehead atoms. The summed E-state index contributed by atoms with van der Waals surface area (Å²) in [5, 5.41) is 0. The summed E-state index contributed by atoms with van der Waals surface area (Å²) in [5.41, 5.74) is 8.82. The lowest BCUT2D eigenvalue weighted by Crippen LogP contribution is -2.31. The first-order valence-corrected chi connectivity index (χ1v) is 5.90. The molecular weight excluding hydrogens is 216 g/mol. The Bertz CT molecular complexity index is 632. The average Bonchev–Trinajstić information content (AvgIpc) is 3.04. The van der Waals surface area contributed by atoms with Gasteiger partial charge in [-0.3, -0.25) is 4.57 Å². The molecule has 1 atom stereocenters. The highest BCUT2D eigenvalue weighted by Gasteiger charge is 2.47. The van der Waals surface area contributed by atoms with Crippen LogP contribution in [0, 0.1) is 0 Å². The van der Waals surface area contributed by atoms with Gasteiger partial charge in [0.1, 0.15) is 0 Å². The van der Waals surface area contributed by atoms with Gasteiger partial charge < -0.3 is 10.2 Å². The van der Waals surface area contributed by atoms with Gasteiger partial charge in [-0.2, -0.15) is 0 Å². The predicted octanol–water partition coefficient (Wildman–Crippen LogP) is 1.51. The maximum atomic E-state index is 11.4. The molecule has 0 saturated heterocycles. The van der Waals surface area contributed by atoms with E-state index in [0.717, 1.165) is 18.4 Å². The van der Waals surface area contributed by atoms with Gasteiger partial charge in [0.2, 0.25) is 0 Å². The average molecular weight is 232 g/mol. The standard InChI is InChI=1S/C13H16N2O2/c1-8(14)13(5-6-13)9-3-4-10-11(7-9)17-12(16)15(10)2/h3-4,7-8H,5-6,14H2,1-2H3. The lowest BCUT2D eigenvalue weighted by Gasteiger charge is -2.19. The van der Waals surface area contributed by atoms with E-state index < -0.39 is 0 Å². The van der Waals surface area contributed by atoms with Crippen LogP contribution < -0.4 is 11.5 Å². The minimum Gasteiger partial charge on any atom is -0.408 e. The van der Waals surface area contributed by atoms with Crippen LogP contribution in [0.4, 0.5) is 0 Å². The summed E-state index contributed by atoms with van der Waals surface area (Å²) in [4.78, 5) is 11.4. The lowest BCUT2D eigenvalue weighted by atomic mass is 9.89. The maximum absolute atomic E-state index is 11.4. The van der Waals surface area contributed by atoms with Crippen molar-refractivity contribution in [3.8, 4) is 0 Å². The zero-order chi connectivity index (χ0) is 12.2. The second-order valence-electron chi connectivity index (χ2n) is 5.05. The lowest BCUT2D eigenvalue weighted by molar-refractivity contribution is 0.525. The Morgan fingerprint density at radius 3 is 2.76 bits per heavy atom. The summed E-state index contributed by atoms with van der Waals surface area (Å²) in [6.45, 7) is 2.04. The van der Waals surface area contributed by atoms with Crippen molar-refractivity contribution in [2.24, 2.45) is 12.8 Å². The monoisotopic (exact) mass is 232 g/mol. The summed E-state index contributed by atoms with van der Waals surface area (Å²) in [6, 6.07) is 6.11. The number of aromatic nitrogens is 1. The molecule has 1 aromatic heterocycles. The predicted molar refractivity (Wildman–Crippen MR) is 66.0 cm³/mol. The normalized spacial score (nSPS) is 19.5. The Labute approximate surface area is 99.0 Å². The molecule has 1 unspecified atom stereocenters. The Hall–Kier alpha value is -1.55. The van der Waals surface area contributed by atoms with Gasteiger partial charge in [0, 0.05) is 18.5 Å². The second-order valence-corrected chi connectivity index (χ2v) is 5.05. The van der Waals surface area contributed by atoms with Crippen molar-refractivity contribution in [2.75, 3.05) is 0 Å². The number of nitrogens with two attached hydrogens (primary N) is 1. The Balaban J connectivity index is 2.18. The van der Waals surface area contributed by atoms with E-state index in [2.05, 4.69) is 6.07 Å². The molecule has 4 nitrogen and oxygen atoms in total. The number of hydrogen-bond acceptors (Lipinski definition) is 3. The number of oxazole rings is 1. The zero-order valence-electron chi connectivity index (χ0n) is 10.1. The van der Waals surface area contributed by atoms with E-state index in [0.29, 0.717) is 5.58 Å². The van der Waals surface area contributed by atoms with Crippen molar-refractivity contribution in [3.63, 3.8) is 0 Å². The van der Waals surface area contributed by atoms with E-state index in [4.69, 9.17) is 10.2 Å². The largest absolute Gasteiger partial charge is 0.419 e. The maximum Gasteiger partial charge on any atom is 0.419 e. The van der Waals surface area contributed by atoms with Crippen molar-refractivity contribution in [2.45, 2.75) is 31.2 Å². The zero-order valence-corrected chi connectivity index (χ0v) is 10.1. The summed E-state index contributed by atoms with van der Waals surface area (Å²) in [6.07, 6.45) is 2.24. The molecule has 4 heteroatoms. The number of hydrogen-bond donors (Lipinski definition) is 1. The van der Waals surface area contributed by atoms with E-state index >= 15 is 0 Å². The summed E-state index contributed by atoms with van der Waals surface area (Å²) in [5.74, 6) is -0.317. The van der Waals surface area contributed by atoms with Crippen molar-refractivity contribution in [1.29, 1.82) is 0 Å². The molecule has 2 aromatic rings. The van der Waals surface area contributed by atoms with Crippen LogP contribution in [0.25, 0.3) is 11.1 Å². The van der Waals surface area contributed by atoms with Crippen molar-refractivity contribution < 1.29 is 4.42 Å². The highest BCUT2D eigenvalue weighted by Crippen LogP contribution is 2.50. The highest BCUT2D eigenvalue weighted by atomic mass is 16.4. The molecule has 1 aliphatic carbocycles. The number of nitrogens with zero attached hydrogens (tertiary/aromatic N) is 1. The molecular formula is C13H16N2O2. The Morgan fingerprint density at radius 1 is 1.47 bits per heavy atom. The quantitative estimate of drug-likeness (QED) is 0.853. The Kier molecular flexibility index (Phi) is 2.01. The SMILES string of the molecule is CC(N)C1(c2ccc3c(c2)oc(=O)n3C)CC1. The third-order valence-corrected chi connectivity index (χ3v) is 4.03. The van der Waals surface area contributed by atoms with Gasteiger partial charge in [-0.1, -0.05) is 6.07 Å². The van der Waals surface area contributed by atoms with Gasteiger partial charge in [0.05, 0.1) is 5.52 Å². The molecule has 0 aliphatic heterocycles. The molecule has 0 amide bonds. The minimum absolute atomic E-state index is 0.0998. The van der Waals surface area contributed by atoms with Gasteiger partial charge in [-0.05, 0) is 37.5 Å². The fraction of sp³-hybridized carbons (Fsp3) is 0.462. The van der Waals surface area contributed by atoms with E-state index in [9.17, 15) is 4.79 Å². The van der Waals surface area contributed by atoms with E-state index in [1.54, 1.807) is 7.05 Å². The fourth-order valence-corrected chi connectivity index (χ4v) is 2.59. The summed E-state index contributed by atoms with van der Waals surface area (Å²) >= 11 is 0. The second kappa shape index (κ2) is 3.23. The number of fused-ring (bicyclic) bond motifs is 1. The molecule has 0 spiro atoms. The molecule has 17 heavy (non-hydrogen) atoms. The first kappa shape index (κ1) is 10.6. The smallest absolute Gasteiger partial charge is 0.408 e. The van der Waals surface area contributed by atoms with Crippen LogP contribution in [0.5, 0.6) is 0 Å². The van der Waals surface area contributed by atoms with Gasteiger partial charge in [0.25, 0.3) is 0 Å². The molecule has 1 aliphatic rings. The molecule has 90 valence electrons. The first-order chi connectivity index (χ1) is 8.04. The van der Waals surface area contributed by atoms with Gasteiger partial charge in [0.15, 0.2) is 5.58 Å². The van der Waals surface area contributed by atoms with Crippen LogP contribution in [0.3, 0.4) is 0 Å². The molecule has 0 radical (unpaired) electrons. The Morgan fingerprint density at radius 2 is 2.18 bits per heavy atom. The fourth-order valence-electron chi connectivity index (χ4n) is 2.59. The first-order valence-electron chi connectivity index (χ1n) is 5.90. The molecule has 3 rings (SSSR count). The third kappa shape index (κ3) is 1.37. The third-order valence-electron chi connectivity index (χ3n) is 4.03. The molecule has 2 N–H and O–H groups in total. The molecule has 1 fully saturated rings. The minimum atomic E-state index is -0.317. The van der Waals surface area contributed by atoms with Gasteiger partial charge in [-0.15, -0.1) is 0 Å². The van der Waals surface area contributed by atoms with Crippen LogP contribution in [0.15, 0.2) is 27.4 Å². The van der Waals surface area contributed by atoms with Crippen molar-refractivity contribution >= 4 is 11.1 Å². The van der Waals surface area contributed by atoms with Crippen molar-refractivity contribution in [1.82, 2.24) is 4.57 Å². The summed E-state index contributed by atoms with van der Waals surface area (Å²) in [7, 11) is 1.71. The number of aryl methyl sites for hydroxylation is 1. The highest BCUT2D eigenvalue weighted by molar-refractivity contribution is 5.74. The molecule has 1 aromatic carbocycles. The topological polar surface area (TPSA) is 61.2 Å². The molecule has 1 heterocycles. The van der Waals surface area contributed by atoms with Gasteiger partial charge in [-0.25, -0.2) is 4.79 Å². The molecule has 1 saturated carbocycles. The number of benzene rings is 1. The summed E-state index contributed by atoms with van der Waals surface area (Å²) < 4.78 is 6.73. The van der Waals surface area contributed by atoms with Gasteiger partial charge >= 0.3 is 5.76 Å². The van der Waals surface area contributed by atoms with E-state index in [1.165, 1.54) is 10.1 Å². The van der Waals surface area contributed by atoms with E-state index in [-0.39, 0.29) is 17.2 Å². The van der Waals surface area contributed by atoms with Crippen LogP contribution in [0.1, 0.15) is 25.3 Å². The van der Waals surface area contributed by atoms with Crippen LogP contribution >= 0.6 is 0 Å². The van der Waals surface area contributed by atoms with E-state index in [1.807, 2.05) is 19.1 Å². The van der Waals surface area contributed by atoms with Crippen LogP contribution in [-0.2, 0) is 12.5 Å². The number of rotatable bonds is 2.